The van der Waals surface area contributed by atoms with Crippen LogP contribution in [0.5, 0.6) is 17.2 Å². The standard InChI is InChI=1S/C21H29NO6/c1-14-7-5-6-8-16(14)22-19(23)13-28-20(24)10-9-15-11-17(25-2)21(27-4)18(12-15)26-3/h9-12,14,16H,5-8,13H2,1-4H3,(H,22,23)/b10-9+/t14-,16-/m0/s1. The molecule has 0 unspecified atom stereocenters. The molecule has 1 saturated carbocycles. The molecule has 1 aliphatic carbocycles. The lowest BCUT2D eigenvalue weighted by atomic mass is 9.86. The first kappa shape index (κ1) is 21.6. The summed E-state index contributed by atoms with van der Waals surface area (Å²) < 4.78 is 20.9. The van der Waals surface area contributed by atoms with E-state index in [1.165, 1.54) is 33.8 Å². The van der Waals surface area contributed by atoms with Crippen molar-refractivity contribution in [3.63, 3.8) is 0 Å². The summed E-state index contributed by atoms with van der Waals surface area (Å²) in [5.41, 5.74) is 0.673. The van der Waals surface area contributed by atoms with E-state index in [2.05, 4.69) is 12.2 Å². The fourth-order valence-electron chi connectivity index (χ4n) is 3.33. The Morgan fingerprint density at radius 2 is 1.71 bits per heavy atom. The van der Waals surface area contributed by atoms with Crippen LogP contribution in [0.4, 0.5) is 0 Å². The lowest BCUT2D eigenvalue weighted by molar-refractivity contribution is -0.144. The smallest absolute Gasteiger partial charge is 0.331 e. The number of hydrogen-bond donors (Lipinski definition) is 1. The van der Waals surface area contributed by atoms with Crippen molar-refractivity contribution in [1.29, 1.82) is 0 Å². The molecule has 7 heteroatoms. The largest absolute Gasteiger partial charge is 0.493 e. The third-order valence-corrected chi connectivity index (χ3v) is 4.90. The van der Waals surface area contributed by atoms with E-state index in [0.717, 1.165) is 19.3 Å². The summed E-state index contributed by atoms with van der Waals surface area (Å²) in [7, 11) is 4.56. The molecule has 7 nitrogen and oxygen atoms in total. The van der Waals surface area contributed by atoms with Gasteiger partial charge in [0.1, 0.15) is 0 Å². The van der Waals surface area contributed by atoms with Gasteiger partial charge in [-0.2, -0.15) is 0 Å². The third-order valence-electron chi connectivity index (χ3n) is 4.90. The zero-order chi connectivity index (χ0) is 20.5. The maximum absolute atomic E-state index is 12.0. The maximum atomic E-state index is 12.0. The summed E-state index contributed by atoms with van der Waals surface area (Å²) in [6.45, 7) is 1.85. The monoisotopic (exact) mass is 391 g/mol. The first-order chi connectivity index (χ1) is 13.5. The van der Waals surface area contributed by atoms with E-state index in [9.17, 15) is 9.59 Å². The van der Waals surface area contributed by atoms with Gasteiger partial charge in [-0.05, 0) is 42.5 Å². The molecule has 0 heterocycles. The van der Waals surface area contributed by atoms with Gasteiger partial charge in [0.05, 0.1) is 21.3 Å². The van der Waals surface area contributed by atoms with Gasteiger partial charge in [-0.15, -0.1) is 0 Å². The van der Waals surface area contributed by atoms with Crippen LogP contribution in [0.25, 0.3) is 6.08 Å². The van der Waals surface area contributed by atoms with E-state index in [1.54, 1.807) is 18.2 Å². The van der Waals surface area contributed by atoms with Crippen LogP contribution in [0.15, 0.2) is 18.2 Å². The van der Waals surface area contributed by atoms with E-state index in [-0.39, 0.29) is 18.6 Å². The number of carbonyl (C=O) groups excluding carboxylic acids is 2. The number of esters is 1. The minimum absolute atomic E-state index is 0.162. The first-order valence-corrected chi connectivity index (χ1v) is 9.42. The average molecular weight is 391 g/mol. The summed E-state index contributed by atoms with van der Waals surface area (Å²) in [6.07, 6.45) is 7.23. The van der Waals surface area contributed by atoms with E-state index in [4.69, 9.17) is 18.9 Å². The summed E-state index contributed by atoms with van der Waals surface area (Å²) in [5, 5.41) is 2.95. The molecule has 1 aromatic rings. The first-order valence-electron chi connectivity index (χ1n) is 9.42. The number of hydrogen-bond acceptors (Lipinski definition) is 6. The molecule has 1 N–H and O–H groups in total. The van der Waals surface area contributed by atoms with Crippen molar-refractivity contribution in [2.75, 3.05) is 27.9 Å². The molecular weight excluding hydrogens is 362 g/mol. The molecular formula is C21H29NO6. The molecule has 0 spiro atoms. The van der Waals surface area contributed by atoms with Crippen molar-refractivity contribution < 1.29 is 28.5 Å². The van der Waals surface area contributed by atoms with Crippen LogP contribution in [0.3, 0.4) is 0 Å². The highest BCUT2D eigenvalue weighted by Gasteiger charge is 2.23. The molecule has 2 rings (SSSR count). The minimum atomic E-state index is -0.597. The van der Waals surface area contributed by atoms with Gasteiger partial charge in [0.15, 0.2) is 18.1 Å². The molecule has 1 fully saturated rings. The summed E-state index contributed by atoms with van der Waals surface area (Å²) in [6, 6.07) is 3.58. The normalized spacial score (nSPS) is 19.1. The van der Waals surface area contributed by atoms with E-state index in [0.29, 0.717) is 28.7 Å². The minimum Gasteiger partial charge on any atom is -0.493 e. The molecule has 154 valence electrons. The van der Waals surface area contributed by atoms with Crippen molar-refractivity contribution >= 4 is 18.0 Å². The molecule has 28 heavy (non-hydrogen) atoms. The highest BCUT2D eigenvalue weighted by atomic mass is 16.5. The van der Waals surface area contributed by atoms with E-state index in [1.807, 2.05) is 0 Å². The Kier molecular flexibility index (Phi) is 8.17. The maximum Gasteiger partial charge on any atom is 0.331 e. The Hall–Kier alpha value is -2.70. The van der Waals surface area contributed by atoms with Crippen LogP contribution < -0.4 is 19.5 Å². The molecule has 0 aliphatic heterocycles. The summed E-state index contributed by atoms with van der Waals surface area (Å²) >= 11 is 0. The average Bonchev–Trinajstić information content (AvgIpc) is 2.71. The second-order valence-corrected chi connectivity index (χ2v) is 6.84. The van der Waals surface area contributed by atoms with Gasteiger partial charge in [0.2, 0.25) is 5.75 Å². The molecule has 2 atom stereocenters. The van der Waals surface area contributed by atoms with Crippen molar-refractivity contribution in [1.82, 2.24) is 5.32 Å². The Bertz CT molecular complexity index is 690. The Balaban J connectivity index is 1.90. The highest BCUT2D eigenvalue weighted by Crippen LogP contribution is 2.38. The number of rotatable bonds is 8. The zero-order valence-electron chi connectivity index (χ0n) is 16.9. The van der Waals surface area contributed by atoms with Gasteiger partial charge in [0, 0.05) is 12.1 Å². The number of carbonyl (C=O) groups is 2. The fourth-order valence-corrected chi connectivity index (χ4v) is 3.33. The number of nitrogens with one attached hydrogen (secondary N) is 1. The second-order valence-electron chi connectivity index (χ2n) is 6.84. The molecule has 1 aromatic carbocycles. The predicted molar refractivity (Wildman–Crippen MR) is 106 cm³/mol. The molecule has 1 amide bonds. The molecule has 0 radical (unpaired) electrons. The Labute approximate surface area is 166 Å². The van der Waals surface area contributed by atoms with Gasteiger partial charge in [-0.25, -0.2) is 4.79 Å². The molecule has 0 saturated heterocycles. The van der Waals surface area contributed by atoms with Crippen LogP contribution in [0.2, 0.25) is 0 Å². The van der Waals surface area contributed by atoms with Gasteiger partial charge in [0.25, 0.3) is 5.91 Å². The number of benzene rings is 1. The Morgan fingerprint density at radius 3 is 2.29 bits per heavy atom. The van der Waals surface area contributed by atoms with E-state index < -0.39 is 5.97 Å². The number of ether oxygens (including phenoxy) is 4. The van der Waals surface area contributed by atoms with Gasteiger partial charge in [-0.3, -0.25) is 4.79 Å². The van der Waals surface area contributed by atoms with Crippen molar-refractivity contribution in [3.8, 4) is 17.2 Å². The van der Waals surface area contributed by atoms with Crippen LogP contribution in [-0.2, 0) is 14.3 Å². The van der Waals surface area contributed by atoms with Crippen molar-refractivity contribution in [2.24, 2.45) is 5.92 Å². The lowest BCUT2D eigenvalue weighted by Gasteiger charge is -2.29. The quantitative estimate of drug-likeness (QED) is 0.542. The molecule has 0 aromatic heterocycles. The van der Waals surface area contributed by atoms with Crippen LogP contribution in [-0.4, -0.2) is 45.9 Å². The Morgan fingerprint density at radius 1 is 1.07 bits per heavy atom. The highest BCUT2D eigenvalue weighted by molar-refractivity contribution is 5.89. The van der Waals surface area contributed by atoms with Crippen LogP contribution in [0.1, 0.15) is 38.2 Å². The third kappa shape index (κ3) is 5.90. The van der Waals surface area contributed by atoms with E-state index >= 15 is 0 Å². The number of amides is 1. The lowest BCUT2D eigenvalue weighted by Crippen LogP contribution is -2.42. The number of methoxy groups -OCH3 is 3. The van der Waals surface area contributed by atoms with Gasteiger partial charge < -0.3 is 24.3 Å². The van der Waals surface area contributed by atoms with Crippen molar-refractivity contribution in [3.05, 3.63) is 23.8 Å². The van der Waals surface area contributed by atoms with Crippen molar-refractivity contribution in [2.45, 2.75) is 38.6 Å². The topological polar surface area (TPSA) is 83.1 Å². The predicted octanol–water partition coefficient (Wildman–Crippen LogP) is 2.96. The molecule has 1 aliphatic rings. The fraction of sp³-hybridized carbons (Fsp3) is 0.524. The van der Waals surface area contributed by atoms with Gasteiger partial charge in [-0.1, -0.05) is 19.8 Å². The summed E-state index contributed by atoms with van der Waals surface area (Å²) in [5.74, 6) is 1.02. The zero-order valence-corrected chi connectivity index (χ0v) is 16.9. The van der Waals surface area contributed by atoms with Crippen LogP contribution >= 0.6 is 0 Å². The summed E-state index contributed by atoms with van der Waals surface area (Å²) in [4.78, 5) is 23.9. The second kappa shape index (κ2) is 10.6. The van der Waals surface area contributed by atoms with Gasteiger partial charge >= 0.3 is 5.97 Å². The SMILES string of the molecule is COc1cc(/C=C/C(=O)OCC(=O)N[C@H]2CCCC[C@@H]2C)cc(OC)c1OC. The van der Waals surface area contributed by atoms with Crippen LogP contribution in [0, 0.1) is 5.92 Å². The molecule has 0 bridgehead atoms.